The Kier molecular flexibility index (Phi) is 7.96. The van der Waals surface area contributed by atoms with E-state index in [-0.39, 0.29) is 28.7 Å². The van der Waals surface area contributed by atoms with Crippen LogP contribution in [-0.4, -0.2) is 60.2 Å². The van der Waals surface area contributed by atoms with Crippen LogP contribution >= 0.6 is 12.2 Å². The third-order valence-corrected chi connectivity index (χ3v) is 5.46. The molecule has 3 rings (SSSR count). The molecule has 0 radical (unpaired) electrons. The Labute approximate surface area is 192 Å². The van der Waals surface area contributed by atoms with Crippen molar-refractivity contribution in [2.75, 3.05) is 49.5 Å². The molecule has 0 aliphatic carbocycles. The third-order valence-electron chi connectivity index (χ3n) is 5.25. The number of amides is 1. The number of nitrogens with one attached hydrogen (secondary N) is 2. The van der Waals surface area contributed by atoms with Crippen molar-refractivity contribution in [3.63, 3.8) is 0 Å². The van der Waals surface area contributed by atoms with E-state index < -0.39 is 10.8 Å². The highest BCUT2D eigenvalue weighted by atomic mass is 32.1. The van der Waals surface area contributed by atoms with Crippen LogP contribution < -0.4 is 20.3 Å². The van der Waals surface area contributed by atoms with E-state index in [2.05, 4.69) is 27.4 Å². The fourth-order valence-electron chi connectivity index (χ4n) is 3.49. The summed E-state index contributed by atoms with van der Waals surface area (Å²) >= 11 is 5.23. The van der Waals surface area contributed by atoms with Gasteiger partial charge in [0.15, 0.2) is 10.9 Å². The van der Waals surface area contributed by atoms with Gasteiger partial charge >= 0.3 is 5.69 Å². The van der Waals surface area contributed by atoms with Gasteiger partial charge in [-0.3, -0.25) is 20.2 Å². The van der Waals surface area contributed by atoms with Crippen molar-refractivity contribution in [3.8, 4) is 5.75 Å². The van der Waals surface area contributed by atoms with E-state index in [1.54, 1.807) is 6.92 Å². The van der Waals surface area contributed by atoms with Gasteiger partial charge in [0, 0.05) is 49.2 Å². The molecule has 2 N–H and O–H groups in total. The number of carbonyl (C=O) groups excluding carboxylic acids is 1. The first kappa shape index (κ1) is 23.4. The zero-order valence-corrected chi connectivity index (χ0v) is 19.0. The van der Waals surface area contributed by atoms with Crippen molar-refractivity contribution in [3.05, 3.63) is 58.1 Å². The SMILES string of the molecule is CCOc1ccc(C(=O)NC(=S)Nc2ccc(N3CCN(CC)CC3)cc2)cc1[N+](=O)[O-]. The molecule has 0 aromatic heterocycles. The average molecular weight is 458 g/mol. The van der Waals surface area contributed by atoms with E-state index in [1.165, 1.54) is 18.2 Å². The number of thiocarbonyl (C=S) groups is 1. The summed E-state index contributed by atoms with van der Waals surface area (Å²) in [6.45, 7) is 9.35. The number of carbonyl (C=O) groups is 1. The molecule has 2 aromatic carbocycles. The largest absolute Gasteiger partial charge is 0.487 e. The minimum absolute atomic E-state index is 0.107. The van der Waals surface area contributed by atoms with Gasteiger partial charge in [-0.05, 0) is 62.1 Å². The molecule has 0 spiro atoms. The molecule has 0 unspecified atom stereocenters. The minimum Gasteiger partial charge on any atom is -0.487 e. The minimum atomic E-state index is -0.581. The number of nitro benzene ring substituents is 1. The number of benzene rings is 2. The maximum atomic E-state index is 12.5. The van der Waals surface area contributed by atoms with Crippen molar-refractivity contribution in [2.24, 2.45) is 0 Å². The maximum Gasteiger partial charge on any atom is 0.311 e. The van der Waals surface area contributed by atoms with Crippen LogP contribution in [0.3, 0.4) is 0 Å². The highest BCUT2D eigenvalue weighted by Gasteiger charge is 2.19. The lowest BCUT2D eigenvalue weighted by Gasteiger charge is -2.35. The number of hydrogen-bond acceptors (Lipinski definition) is 7. The number of piperazine rings is 1. The van der Waals surface area contributed by atoms with E-state index in [9.17, 15) is 14.9 Å². The third kappa shape index (κ3) is 5.92. The molecule has 9 nitrogen and oxygen atoms in total. The lowest BCUT2D eigenvalue weighted by molar-refractivity contribution is -0.385. The number of hydrogen-bond donors (Lipinski definition) is 2. The molecular formula is C22H27N5O4S. The van der Waals surface area contributed by atoms with Crippen molar-refractivity contribution in [1.29, 1.82) is 0 Å². The van der Waals surface area contributed by atoms with E-state index in [4.69, 9.17) is 17.0 Å². The standard InChI is InChI=1S/C22H27N5O4S/c1-3-25-11-13-26(14-12-25)18-8-6-17(7-9-18)23-22(32)24-21(28)16-5-10-20(31-4-2)19(15-16)27(29)30/h5-10,15H,3-4,11-14H2,1-2H3,(H2,23,24,28,32). The predicted molar refractivity (Wildman–Crippen MR) is 129 cm³/mol. The van der Waals surface area contributed by atoms with Crippen molar-refractivity contribution < 1.29 is 14.5 Å². The van der Waals surface area contributed by atoms with Gasteiger partial charge in [-0.15, -0.1) is 0 Å². The van der Waals surface area contributed by atoms with Gasteiger partial charge in [-0.25, -0.2) is 0 Å². The van der Waals surface area contributed by atoms with Crippen LogP contribution in [0, 0.1) is 10.1 Å². The number of rotatable bonds is 7. The lowest BCUT2D eigenvalue weighted by Crippen LogP contribution is -2.46. The summed E-state index contributed by atoms with van der Waals surface area (Å²) in [6, 6.07) is 11.9. The van der Waals surface area contributed by atoms with Gasteiger partial charge in [-0.2, -0.15) is 0 Å². The van der Waals surface area contributed by atoms with Crippen LogP contribution in [0.2, 0.25) is 0 Å². The molecule has 0 bridgehead atoms. The Hall–Kier alpha value is -3.24. The molecule has 1 heterocycles. The summed E-state index contributed by atoms with van der Waals surface area (Å²) in [7, 11) is 0. The Morgan fingerprint density at radius 1 is 1.12 bits per heavy atom. The molecule has 32 heavy (non-hydrogen) atoms. The van der Waals surface area contributed by atoms with Crippen LogP contribution in [-0.2, 0) is 0 Å². The highest BCUT2D eigenvalue weighted by Crippen LogP contribution is 2.28. The monoisotopic (exact) mass is 457 g/mol. The highest BCUT2D eigenvalue weighted by molar-refractivity contribution is 7.80. The molecule has 1 aliphatic rings. The second-order valence-electron chi connectivity index (χ2n) is 7.25. The van der Waals surface area contributed by atoms with Crippen LogP contribution in [0.4, 0.5) is 17.1 Å². The molecule has 0 saturated carbocycles. The number of ether oxygens (including phenoxy) is 1. The van der Waals surface area contributed by atoms with E-state index >= 15 is 0 Å². The molecule has 10 heteroatoms. The Balaban J connectivity index is 1.58. The van der Waals surface area contributed by atoms with Crippen molar-refractivity contribution >= 4 is 40.3 Å². The first-order valence-corrected chi connectivity index (χ1v) is 10.9. The zero-order valence-electron chi connectivity index (χ0n) is 18.2. The van der Waals surface area contributed by atoms with Crippen LogP contribution in [0.15, 0.2) is 42.5 Å². The molecule has 1 amide bonds. The first-order valence-electron chi connectivity index (χ1n) is 10.5. The lowest BCUT2D eigenvalue weighted by atomic mass is 10.1. The molecular weight excluding hydrogens is 430 g/mol. The topological polar surface area (TPSA) is 100.0 Å². The van der Waals surface area contributed by atoms with Crippen LogP contribution in [0.1, 0.15) is 24.2 Å². The fourth-order valence-corrected chi connectivity index (χ4v) is 3.70. The van der Waals surface area contributed by atoms with Gasteiger partial charge in [0.1, 0.15) is 0 Å². The first-order chi connectivity index (χ1) is 15.4. The molecule has 1 saturated heterocycles. The number of nitro groups is 1. The number of nitrogens with zero attached hydrogens (tertiary/aromatic N) is 3. The Morgan fingerprint density at radius 3 is 2.41 bits per heavy atom. The number of likely N-dealkylation sites (N-methyl/N-ethyl adjacent to an activating group) is 1. The van der Waals surface area contributed by atoms with Gasteiger partial charge in [0.25, 0.3) is 5.91 Å². The van der Waals surface area contributed by atoms with Crippen molar-refractivity contribution in [1.82, 2.24) is 10.2 Å². The van der Waals surface area contributed by atoms with Crippen molar-refractivity contribution in [2.45, 2.75) is 13.8 Å². The Bertz CT molecular complexity index is 975. The van der Waals surface area contributed by atoms with Crippen LogP contribution in [0.5, 0.6) is 5.75 Å². The smallest absolute Gasteiger partial charge is 0.311 e. The molecule has 1 aliphatic heterocycles. The summed E-state index contributed by atoms with van der Waals surface area (Å²) in [6.07, 6.45) is 0. The second kappa shape index (κ2) is 10.9. The van der Waals surface area contributed by atoms with Gasteiger partial charge in [0.2, 0.25) is 0 Å². The number of anilines is 2. The van der Waals surface area contributed by atoms with E-state index in [0.29, 0.717) is 0 Å². The van der Waals surface area contributed by atoms with Gasteiger partial charge in [0.05, 0.1) is 11.5 Å². The normalized spacial score (nSPS) is 14.0. The van der Waals surface area contributed by atoms with E-state index in [0.717, 1.165) is 44.1 Å². The summed E-state index contributed by atoms with van der Waals surface area (Å²) < 4.78 is 5.24. The molecule has 0 atom stereocenters. The molecule has 2 aromatic rings. The maximum absolute atomic E-state index is 12.5. The summed E-state index contributed by atoms with van der Waals surface area (Å²) in [4.78, 5) is 27.9. The second-order valence-corrected chi connectivity index (χ2v) is 7.66. The van der Waals surface area contributed by atoms with E-state index in [1.807, 2.05) is 24.3 Å². The van der Waals surface area contributed by atoms with Gasteiger partial charge < -0.3 is 19.9 Å². The predicted octanol–water partition coefficient (Wildman–Crippen LogP) is 3.26. The quantitative estimate of drug-likeness (QED) is 0.371. The fraction of sp³-hybridized carbons (Fsp3) is 0.364. The Morgan fingerprint density at radius 2 is 1.81 bits per heavy atom. The summed E-state index contributed by atoms with van der Waals surface area (Å²) in [5, 5.41) is 16.9. The average Bonchev–Trinajstić information content (AvgIpc) is 2.80. The zero-order chi connectivity index (χ0) is 23.1. The van der Waals surface area contributed by atoms with Crippen LogP contribution in [0.25, 0.3) is 0 Å². The van der Waals surface area contributed by atoms with Gasteiger partial charge in [-0.1, -0.05) is 6.92 Å². The summed E-state index contributed by atoms with van der Waals surface area (Å²) in [5.41, 5.74) is 1.73. The molecule has 1 fully saturated rings. The summed E-state index contributed by atoms with van der Waals surface area (Å²) in [5.74, 6) is -0.426. The molecule has 170 valence electrons.